The van der Waals surface area contributed by atoms with E-state index in [1.165, 1.54) is 5.56 Å². The third kappa shape index (κ3) is 8.72. The first-order valence-corrected chi connectivity index (χ1v) is 12.1. The quantitative estimate of drug-likeness (QED) is 0.531. The summed E-state index contributed by atoms with van der Waals surface area (Å²) < 4.78 is 5.09. The number of carbonyl (C=O) groups is 4. The maximum absolute atomic E-state index is 12.7. The lowest BCUT2D eigenvalue weighted by molar-refractivity contribution is -0.144. The normalized spacial score (nSPS) is 14.0. The van der Waals surface area contributed by atoms with Crippen LogP contribution in [0.1, 0.15) is 39.2 Å². The molecule has 0 atom stereocenters. The van der Waals surface area contributed by atoms with E-state index in [2.05, 4.69) is 28.1 Å². The van der Waals surface area contributed by atoms with Gasteiger partial charge in [0.15, 0.2) is 0 Å². The Morgan fingerprint density at radius 1 is 0.917 bits per heavy atom. The number of nitrogens with one attached hydrogen (secondary N) is 3. The summed E-state index contributed by atoms with van der Waals surface area (Å²) in [5, 5.41) is 7.62. The van der Waals surface area contributed by atoms with Gasteiger partial charge in [-0.2, -0.15) is 0 Å². The van der Waals surface area contributed by atoms with Crippen LogP contribution >= 0.6 is 0 Å². The Bertz CT molecular complexity index is 1070. The lowest BCUT2D eigenvalue weighted by Crippen LogP contribution is -2.44. The number of nitrogens with zero attached hydrogens (tertiary/aromatic N) is 1. The van der Waals surface area contributed by atoms with Crippen molar-refractivity contribution in [3.8, 4) is 0 Å². The Balaban J connectivity index is 1.44. The smallest absolute Gasteiger partial charge is 0.408 e. The molecular formula is C27H34N4O5. The second kappa shape index (κ2) is 12.2. The molecule has 1 saturated heterocycles. The van der Waals surface area contributed by atoms with Crippen LogP contribution in [0.2, 0.25) is 0 Å². The van der Waals surface area contributed by atoms with Crippen LogP contribution in [0.25, 0.3) is 0 Å². The van der Waals surface area contributed by atoms with E-state index in [1.54, 1.807) is 49.9 Å². The molecule has 0 saturated carbocycles. The minimum atomic E-state index is -0.716. The lowest BCUT2D eigenvalue weighted by atomic mass is 9.90. The standard InChI is InChI=1S/C27H34N4O5/c1-27(2,3)36-26(35)28-18-23(32)29-21-10-7-11-22(17-21)30-24(33)25(34)31-14-12-20(13-15-31)16-19-8-5-4-6-9-19/h4-11,17,20H,12-16,18H2,1-3H3,(H,28,35)(H,29,32)(H,30,33). The zero-order valence-electron chi connectivity index (χ0n) is 21.0. The highest BCUT2D eigenvalue weighted by Crippen LogP contribution is 2.22. The number of hydrogen-bond acceptors (Lipinski definition) is 5. The number of benzene rings is 2. The van der Waals surface area contributed by atoms with Gasteiger partial charge in [0.25, 0.3) is 0 Å². The maximum atomic E-state index is 12.7. The van der Waals surface area contributed by atoms with Crippen molar-refractivity contribution in [2.45, 2.75) is 45.6 Å². The van der Waals surface area contributed by atoms with Gasteiger partial charge in [-0.05, 0) is 69.7 Å². The molecule has 1 aliphatic heterocycles. The summed E-state index contributed by atoms with van der Waals surface area (Å²) in [5.41, 5.74) is 1.42. The first-order chi connectivity index (χ1) is 17.1. The molecule has 3 N–H and O–H groups in total. The predicted octanol–water partition coefficient (Wildman–Crippen LogP) is 3.57. The van der Waals surface area contributed by atoms with Crippen LogP contribution < -0.4 is 16.0 Å². The maximum Gasteiger partial charge on any atom is 0.408 e. The average Bonchev–Trinajstić information content (AvgIpc) is 2.82. The first kappa shape index (κ1) is 26.7. The first-order valence-electron chi connectivity index (χ1n) is 12.1. The van der Waals surface area contributed by atoms with Crippen molar-refractivity contribution in [3.63, 3.8) is 0 Å². The van der Waals surface area contributed by atoms with E-state index in [4.69, 9.17) is 4.74 Å². The second-order valence-electron chi connectivity index (χ2n) is 9.86. The molecule has 0 spiro atoms. The van der Waals surface area contributed by atoms with Crippen molar-refractivity contribution in [2.75, 3.05) is 30.3 Å². The van der Waals surface area contributed by atoms with Gasteiger partial charge in [-0.15, -0.1) is 0 Å². The Morgan fingerprint density at radius 2 is 1.56 bits per heavy atom. The van der Waals surface area contributed by atoms with E-state index in [9.17, 15) is 19.2 Å². The van der Waals surface area contributed by atoms with Crippen LogP contribution in [0.3, 0.4) is 0 Å². The molecule has 2 aromatic carbocycles. The monoisotopic (exact) mass is 494 g/mol. The average molecular weight is 495 g/mol. The largest absolute Gasteiger partial charge is 0.444 e. The third-order valence-corrected chi connectivity index (χ3v) is 5.66. The Labute approximate surface area is 211 Å². The van der Waals surface area contributed by atoms with Gasteiger partial charge in [-0.3, -0.25) is 14.4 Å². The van der Waals surface area contributed by atoms with Gasteiger partial charge in [0, 0.05) is 24.5 Å². The van der Waals surface area contributed by atoms with E-state index in [-0.39, 0.29) is 6.54 Å². The summed E-state index contributed by atoms with van der Waals surface area (Å²) in [5.74, 6) is -1.25. The molecule has 1 aliphatic rings. The molecular weight excluding hydrogens is 460 g/mol. The molecule has 0 aromatic heterocycles. The van der Waals surface area contributed by atoms with Crippen molar-refractivity contribution >= 4 is 35.2 Å². The van der Waals surface area contributed by atoms with E-state index in [0.29, 0.717) is 30.4 Å². The molecule has 36 heavy (non-hydrogen) atoms. The van der Waals surface area contributed by atoms with E-state index in [0.717, 1.165) is 19.3 Å². The van der Waals surface area contributed by atoms with Gasteiger partial charge in [-0.1, -0.05) is 36.4 Å². The van der Waals surface area contributed by atoms with Crippen LogP contribution in [0.5, 0.6) is 0 Å². The van der Waals surface area contributed by atoms with Gasteiger partial charge in [0.1, 0.15) is 12.1 Å². The molecule has 3 rings (SSSR count). The number of likely N-dealkylation sites (tertiary alicyclic amines) is 1. The molecule has 1 heterocycles. The summed E-state index contributed by atoms with van der Waals surface area (Å²) in [6.45, 7) is 6.00. The highest BCUT2D eigenvalue weighted by molar-refractivity contribution is 6.39. The third-order valence-electron chi connectivity index (χ3n) is 5.66. The molecule has 2 aromatic rings. The number of amides is 4. The highest BCUT2D eigenvalue weighted by atomic mass is 16.6. The summed E-state index contributed by atoms with van der Waals surface area (Å²) in [7, 11) is 0. The number of piperidine rings is 1. The summed E-state index contributed by atoms with van der Waals surface area (Å²) in [6, 6.07) is 16.7. The number of rotatable bonds is 6. The van der Waals surface area contributed by atoms with Gasteiger partial charge < -0.3 is 25.6 Å². The summed E-state index contributed by atoms with van der Waals surface area (Å²) in [4.78, 5) is 50.6. The molecule has 9 heteroatoms. The SMILES string of the molecule is CC(C)(C)OC(=O)NCC(=O)Nc1cccc(NC(=O)C(=O)N2CCC(Cc3ccccc3)CC2)c1. The van der Waals surface area contributed by atoms with Crippen LogP contribution in [-0.2, 0) is 25.5 Å². The van der Waals surface area contributed by atoms with E-state index in [1.807, 2.05) is 18.2 Å². The number of hydrogen-bond donors (Lipinski definition) is 3. The predicted molar refractivity (Wildman–Crippen MR) is 137 cm³/mol. The van der Waals surface area contributed by atoms with Gasteiger partial charge >= 0.3 is 17.9 Å². The zero-order chi connectivity index (χ0) is 26.1. The fourth-order valence-corrected chi connectivity index (χ4v) is 3.96. The van der Waals surface area contributed by atoms with Gasteiger partial charge in [0.05, 0.1) is 0 Å². The molecule has 0 radical (unpaired) electrons. The minimum absolute atomic E-state index is 0.274. The molecule has 0 unspecified atom stereocenters. The summed E-state index contributed by atoms with van der Waals surface area (Å²) >= 11 is 0. The summed E-state index contributed by atoms with van der Waals surface area (Å²) in [6.07, 6.45) is 1.99. The molecule has 1 fully saturated rings. The molecule has 192 valence electrons. The van der Waals surface area contributed by atoms with E-state index < -0.39 is 29.4 Å². The van der Waals surface area contributed by atoms with Crippen LogP contribution in [-0.4, -0.2) is 54.0 Å². The van der Waals surface area contributed by atoms with Crippen molar-refractivity contribution in [3.05, 3.63) is 60.2 Å². The van der Waals surface area contributed by atoms with Crippen molar-refractivity contribution < 1.29 is 23.9 Å². The fourth-order valence-electron chi connectivity index (χ4n) is 3.96. The number of anilines is 2. The van der Waals surface area contributed by atoms with Crippen molar-refractivity contribution in [1.29, 1.82) is 0 Å². The highest BCUT2D eigenvalue weighted by Gasteiger charge is 2.27. The number of alkyl carbamates (subject to hydrolysis) is 1. The van der Waals surface area contributed by atoms with Crippen LogP contribution in [0.4, 0.5) is 16.2 Å². The van der Waals surface area contributed by atoms with Crippen molar-refractivity contribution in [1.82, 2.24) is 10.2 Å². The van der Waals surface area contributed by atoms with Gasteiger partial charge in [0.2, 0.25) is 5.91 Å². The Hall–Kier alpha value is -3.88. The molecule has 0 bridgehead atoms. The minimum Gasteiger partial charge on any atom is -0.444 e. The Kier molecular flexibility index (Phi) is 9.05. The lowest BCUT2D eigenvalue weighted by Gasteiger charge is -2.31. The molecule has 0 aliphatic carbocycles. The van der Waals surface area contributed by atoms with Crippen molar-refractivity contribution in [2.24, 2.45) is 5.92 Å². The number of carbonyl (C=O) groups excluding carboxylic acids is 4. The number of ether oxygens (including phenoxy) is 1. The van der Waals surface area contributed by atoms with Crippen LogP contribution in [0, 0.1) is 5.92 Å². The molecule has 4 amide bonds. The van der Waals surface area contributed by atoms with E-state index >= 15 is 0 Å². The van der Waals surface area contributed by atoms with Gasteiger partial charge in [-0.25, -0.2) is 4.79 Å². The Morgan fingerprint density at radius 3 is 2.19 bits per heavy atom. The second-order valence-corrected chi connectivity index (χ2v) is 9.86. The fraction of sp³-hybridized carbons (Fsp3) is 0.407. The van der Waals surface area contributed by atoms with Crippen LogP contribution in [0.15, 0.2) is 54.6 Å². The molecule has 9 nitrogen and oxygen atoms in total. The topological polar surface area (TPSA) is 117 Å². The zero-order valence-corrected chi connectivity index (χ0v) is 21.0.